The predicted octanol–water partition coefficient (Wildman–Crippen LogP) is 3.11. The van der Waals surface area contributed by atoms with Gasteiger partial charge in [-0.2, -0.15) is 0 Å². The van der Waals surface area contributed by atoms with Crippen LogP contribution in [0, 0.1) is 5.41 Å². The summed E-state index contributed by atoms with van der Waals surface area (Å²) in [5, 5.41) is 6.65. The largest absolute Gasteiger partial charge is 0.324 e. The highest BCUT2D eigenvalue weighted by molar-refractivity contribution is 5.96. The zero-order valence-corrected chi connectivity index (χ0v) is 12.4. The summed E-state index contributed by atoms with van der Waals surface area (Å²) >= 11 is 0. The van der Waals surface area contributed by atoms with E-state index < -0.39 is 0 Å². The Kier molecular flexibility index (Phi) is 3.55. The molecular formula is C17H24N2O. The number of rotatable bonds is 2. The molecule has 0 spiro atoms. The zero-order chi connectivity index (χ0) is 14.2. The maximum absolute atomic E-state index is 12.4. The molecule has 3 nitrogen and oxygen atoms in total. The van der Waals surface area contributed by atoms with Crippen molar-refractivity contribution in [2.45, 2.75) is 58.0 Å². The van der Waals surface area contributed by atoms with Crippen molar-refractivity contribution < 1.29 is 4.79 Å². The molecule has 1 saturated carbocycles. The van der Waals surface area contributed by atoms with Gasteiger partial charge in [-0.15, -0.1) is 0 Å². The minimum absolute atomic E-state index is 0.0544. The normalized spacial score (nSPS) is 28.6. The Balaban J connectivity index is 1.66. The molecule has 1 aromatic rings. The summed E-state index contributed by atoms with van der Waals surface area (Å²) in [5.41, 5.74) is 2.65. The van der Waals surface area contributed by atoms with E-state index in [2.05, 4.69) is 30.5 Å². The lowest BCUT2D eigenvalue weighted by Gasteiger charge is -2.22. The zero-order valence-electron chi connectivity index (χ0n) is 12.4. The van der Waals surface area contributed by atoms with Gasteiger partial charge in [-0.1, -0.05) is 32.0 Å². The van der Waals surface area contributed by atoms with Crippen molar-refractivity contribution in [2.75, 3.05) is 5.32 Å². The summed E-state index contributed by atoms with van der Waals surface area (Å²) < 4.78 is 0. The molecule has 1 fully saturated rings. The van der Waals surface area contributed by atoms with Crippen LogP contribution in [-0.4, -0.2) is 18.0 Å². The number of nitrogens with one attached hydrogen (secondary N) is 2. The van der Waals surface area contributed by atoms with E-state index >= 15 is 0 Å². The van der Waals surface area contributed by atoms with E-state index in [9.17, 15) is 4.79 Å². The fourth-order valence-corrected chi connectivity index (χ4v) is 3.53. The fourth-order valence-electron chi connectivity index (χ4n) is 3.53. The van der Waals surface area contributed by atoms with Gasteiger partial charge in [0.05, 0.1) is 6.04 Å². The Hall–Kier alpha value is -1.35. The van der Waals surface area contributed by atoms with Gasteiger partial charge in [-0.25, -0.2) is 0 Å². The molecule has 1 aliphatic heterocycles. The van der Waals surface area contributed by atoms with E-state index in [-0.39, 0.29) is 11.9 Å². The Morgan fingerprint density at radius 1 is 1.25 bits per heavy atom. The van der Waals surface area contributed by atoms with Gasteiger partial charge in [0.2, 0.25) is 5.91 Å². The van der Waals surface area contributed by atoms with Gasteiger partial charge in [0.15, 0.2) is 0 Å². The van der Waals surface area contributed by atoms with E-state index in [1.165, 1.54) is 24.8 Å². The third-order valence-electron chi connectivity index (χ3n) is 4.70. The molecule has 2 aliphatic rings. The van der Waals surface area contributed by atoms with Crippen LogP contribution in [0.15, 0.2) is 24.3 Å². The van der Waals surface area contributed by atoms with E-state index in [1.807, 2.05) is 18.2 Å². The number of amides is 1. The second-order valence-corrected chi connectivity index (χ2v) is 7.01. The van der Waals surface area contributed by atoms with E-state index in [4.69, 9.17) is 0 Å². The molecule has 2 atom stereocenters. The van der Waals surface area contributed by atoms with Crippen molar-refractivity contribution in [3.8, 4) is 0 Å². The van der Waals surface area contributed by atoms with Crippen molar-refractivity contribution in [1.82, 2.24) is 5.32 Å². The summed E-state index contributed by atoms with van der Waals surface area (Å²) in [6.07, 6.45) is 5.45. The molecular weight excluding hydrogens is 248 g/mol. The van der Waals surface area contributed by atoms with E-state index in [1.54, 1.807) is 0 Å². The summed E-state index contributed by atoms with van der Waals surface area (Å²) in [5.74, 6) is 0.125. The van der Waals surface area contributed by atoms with Crippen molar-refractivity contribution in [2.24, 2.45) is 5.41 Å². The van der Waals surface area contributed by atoms with E-state index in [0.29, 0.717) is 11.5 Å². The first-order valence-electron chi connectivity index (χ1n) is 7.68. The first kappa shape index (κ1) is 13.6. The first-order valence-corrected chi connectivity index (χ1v) is 7.68. The summed E-state index contributed by atoms with van der Waals surface area (Å²) in [6, 6.07) is 8.55. The lowest BCUT2D eigenvalue weighted by Crippen LogP contribution is -2.44. The molecule has 1 heterocycles. The minimum Gasteiger partial charge on any atom is -0.324 e. The molecule has 0 aromatic heterocycles. The number of benzene rings is 1. The third-order valence-corrected chi connectivity index (χ3v) is 4.70. The molecule has 0 bridgehead atoms. The number of hydrogen-bond acceptors (Lipinski definition) is 2. The summed E-state index contributed by atoms with van der Waals surface area (Å²) in [4.78, 5) is 12.4. The molecule has 1 aromatic carbocycles. The summed E-state index contributed by atoms with van der Waals surface area (Å²) in [6.45, 7) is 4.63. The number of fused-ring (bicyclic) bond motifs is 1. The molecule has 2 N–H and O–H groups in total. The van der Waals surface area contributed by atoms with Gasteiger partial charge < -0.3 is 10.6 Å². The molecule has 20 heavy (non-hydrogen) atoms. The van der Waals surface area contributed by atoms with Crippen molar-refractivity contribution in [3.63, 3.8) is 0 Å². The maximum Gasteiger partial charge on any atom is 0.241 e. The molecule has 2 unspecified atom stereocenters. The standard InChI is InChI=1S/C17H24N2O/c1-17(2)10-9-13(11-17)18-15-8-7-12-5-3-4-6-14(12)19-16(15)20/h3-6,13,15,18H,7-11H2,1-2H3,(H,19,20). The van der Waals surface area contributed by atoms with Crippen molar-refractivity contribution in [1.29, 1.82) is 0 Å². The lowest BCUT2D eigenvalue weighted by molar-refractivity contribution is -0.118. The highest BCUT2D eigenvalue weighted by Gasteiger charge is 2.33. The lowest BCUT2D eigenvalue weighted by atomic mass is 9.91. The number of aryl methyl sites for hydroxylation is 1. The topological polar surface area (TPSA) is 41.1 Å². The summed E-state index contributed by atoms with van der Waals surface area (Å²) in [7, 11) is 0. The average molecular weight is 272 g/mol. The second-order valence-electron chi connectivity index (χ2n) is 7.01. The number of carbonyl (C=O) groups excluding carboxylic acids is 1. The highest BCUT2D eigenvalue weighted by atomic mass is 16.2. The van der Waals surface area contributed by atoms with Crippen LogP contribution in [-0.2, 0) is 11.2 Å². The Labute approximate surface area is 121 Å². The fraction of sp³-hybridized carbons (Fsp3) is 0.588. The van der Waals surface area contributed by atoms with Crippen LogP contribution in [0.3, 0.4) is 0 Å². The number of anilines is 1. The highest BCUT2D eigenvalue weighted by Crippen LogP contribution is 2.37. The van der Waals surface area contributed by atoms with Crippen LogP contribution in [0.5, 0.6) is 0 Å². The van der Waals surface area contributed by atoms with Crippen molar-refractivity contribution >= 4 is 11.6 Å². The molecule has 3 rings (SSSR count). The Bertz CT molecular complexity index is 509. The van der Waals surface area contributed by atoms with Crippen LogP contribution in [0.2, 0.25) is 0 Å². The second kappa shape index (κ2) is 5.21. The number of carbonyl (C=O) groups is 1. The molecule has 0 radical (unpaired) electrons. The molecule has 1 aliphatic carbocycles. The number of hydrogen-bond donors (Lipinski definition) is 2. The van der Waals surface area contributed by atoms with Gasteiger partial charge in [0, 0.05) is 11.7 Å². The van der Waals surface area contributed by atoms with Crippen LogP contribution in [0.25, 0.3) is 0 Å². The van der Waals surface area contributed by atoms with Gasteiger partial charge in [-0.3, -0.25) is 4.79 Å². The SMILES string of the molecule is CC1(C)CCC(NC2CCc3ccccc3NC2=O)C1. The molecule has 108 valence electrons. The third kappa shape index (κ3) is 2.88. The van der Waals surface area contributed by atoms with Gasteiger partial charge in [0.25, 0.3) is 0 Å². The van der Waals surface area contributed by atoms with Crippen LogP contribution in [0.4, 0.5) is 5.69 Å². The van der Waals surface area contributed by atoms with Gasteiger partial charge >= 0.3 is 0 Å². The van der Waals surface area contributed by atoms with Crippen LogP contribution >= 0.6 is 0 Å². The van der Waals surface area contributed by atoms with E-state index in [0.717, 1.165) is 18.5 Å². The van der Waals surface area contributed by atoms with Crippen LogP contribution < -0.4 is 10.6 Å². The van der Waals surface area contributed by atoms with Crippen molar-refractivity contribution in [3.05, 3.63) is 29.8 Å². The van der Waals surface area contributed by atoms with Crippen LogP contribution in [0.1, 0.15) is 45.1 Å². The monoisotopic (exact) mass is 272 g/mol. The smallest absolute Gasteiger partial charge is 0.241 e. The Morgan fingerprint density at radius 2 is 2.05 bits per heavy atom. The predicted molar refractivity (Wildman–Crippen MR) is 81.7 cm³/mol. The minimum atomic E-state index is -0.0544. The Morgan fingerprint density at radius 3 is 2.80 bits per heavy atom. The van der Waals surface area contributed by atoms with Gasteiger partial charge in [0.1, 0.15) is 0 Å². The number of para-hydroxylation sites is 1. The first-order chi connectivity index (χ1) is 9.53. The molecule has 0 saturated heterocycles. The maximum atomic E-state index is 12.4. The quantitative estimate of drug-likeness (QED) is 0.868. The van der Waals surface area contributed by atoms with Gasteiger partial charge in [-0.05, 0) is 49.1 Å². The molecule has 3 heteroatoms. The average Bonchev–Trinajstić information content (AvgIpc) is 2.66. The molecule has 1 amide bonds.